The molecule has 0 aliphatic heterocycles. The quantitative estimate of drug-likeness (QED) is 0.754. The molecule has 1 saturated carbocycles. The van der Waals surface area contributed by atoms with Crippen LogP contribution in [0.3, 0.4) is 0 Å². The van der Waals surface area contributed by atoms with E-state index in [-0.39, 0.29) is 11.9 Å². The maximum Gasteiger partial charge on any atom is 0.268 e. The van der Waals surface area contributed by atoms with Crippen LogP contribution in [0.2, 0.25) is 0 Å². The minimum Gasteiger partial charge on any atom is -0.463 e. The molecule has 1 fully saturated rings. The van der Waals surface area contributed by atoms with Gasteiger partial charge in [-0.1, -0.05) is 5.16 Å². The fourth-order valence-corrected chi connectivity index (χ4v) is 2.68. The van der Waals surface area contributed by atoms with Crippen LogP contribution in [0.1, 0.15) is 31.5 Å². The van der Waals surface area contributed by atoms with Gasteiger partial charge in [0.25, 0.3) is 5.56 Å². The van der Waals surface area contributed by atoms with Crippen LogP contribution >= 0.6 is 0 Å². The molecule has 0 radical (unpaired) electrons. The van der Waals surface area contributed by atoms with Gasteiger partial charge in [-0.25, -0.2) is 4.68 Å². The highest BCUT2D eigenvalue weighted by Crippen LogP contribution is 2.30. The third-order valence-corrected chi connectivity index (χ3v) is 4.27. The lowest BCUT2D eigenvalue weighted by atomic mass is 10.1. The van der Waals surface area contributed by atoms with Crippen LogP contribution in [-0.4, -0.2) is 26.9 Å². The van der Waals surface area contributed by atoms with Crippen molar-refractivity contribution < 1.29 is 13.7 Å². The lowest BCUT2D eigenvalue weighted by Crippen LogP contribution is -2.38. The van der Waals surface area contributed by atoms with E-state index in [4.69, 9.17) is 8.94 Å². The fourth-order valence-electron chi connectivity index (χ4n) is 2.68. The second kappa shape index (κ2) is 6.29. The number of hydrogen-bond acceptors (Lipinski definition) is 6. The normalized spacial score (nSPS) is 15.0. The first-order valence-electron chi connectivity index (χ1n) is 8.45. The average Bonchev–Trinajstić information content (AvgIpc) is 3.10. The molecule has 3 heterocycles. The monoisotopic (exact) mass is 354 g/mol. The van der Waals surface area contributed by atoms with Gasteiger partial charge in [0.15, 0.2) is 11.5 Å². The van der Waals surface area contributed by atoms with E-state index in [1.165, 1.54) is 17.0 Å². The van der Waals surface area contributed by atoms with Crippen LogP contribution in [0.4, 0.5) is 0 Å². The Kier molecular flexibility index (Phi) is 3.95. The van der Waals surface area contributed by atoms with Gasteiger partial charge in [-0.2, -0.15) is 5.10 Å². The summed E-state index contributed by atoms with van der Waals surface area (Å²) in [5.74, 6) is 0.661. The highest BCUT2D eigenvalue weighted by atomic mass is 16.5. The van der Waals surface area contributed by atoms with E-state index in [2.05, 4.69) is 15.6 Å². The molecule has 0 bridgehead atoms. The van der Waals surface area contributed by atoms with Gasteiger partial charge in [-0.05, 0) is 38.8 Å². The first kappa shape index (κ1) is 16.3. The lowest BCUT2D eigenvalue weighted by molar-refractivity contribution is -0.124. The van der Waals surface area contributed by atoms with Crippen molar-refractivity contribution in [1.82, 2.24) is 20.3 Å². The summed E-state index contributed by atoms with van der Waals surface area (Å²) in [6.45, 7) is 3.44. The zero-order valence-corrected chi connectivity index (χ0v) is 14.4. The number of hydrogen-bond donors (Lipinski definition) is 1. The molecule has 8 nitrogen and oxygen atoms in total. The molecule has 8 heteroatoms. The molecule has 0 unspecified atom stereocenters. The van der Waals surface area contributed by atoms with Crippen LogP contribution in [-0.2, 0) is 4.79 Å². The van der Waals surface area contributed by atoms with Crippen molar-refractivity contribution in [3.05, 3.63) is 46.6 Å². The SMILES string of the molecule is Cc1cc(-c2cc(=O)n([C@@H](C)C(=O)NC3CC3)nc2-c2ccco2)on1. The van der Waals surface area contributed by atoms with Crippen LogP contribution in [0.5, 0.6) is 0 Å². The number of amides is 1. The second-order valence-electron chi connectivity index (χ2n) is 6.46. The molecule has 1 N–H and O–H groups in total. The Morgan fingerprint density at radius 1 is 1.35 bits per heavy atom. The Hall–Kier alpha value is -3.16. The minimum atomic E-state index is -0.734. The topological polar surface area (TPSA) is 103 Å². The Bertz CT molecular complexity index is 999. The average molecular weight is 354 g/mol. The molecule has 4 rings (SSSR count). The predicted octanol–water partition coefficient (Wildman–Crippen LogP) is 2.31. The summed E-state index contributed by atoms with van der Waals surface area (Å²) in [7, 11) is 0. The molecule has 1 aliphatic carbocycles. The molecule has 1 atom stereocenters. The molecular formula is C18H18N4O4. The largest absolute Gasteiger partial charge is 0.463 e. The molecule has 0 spiro atoms. The number of carbonyl (C=O) groups excluding carboxylic acids is 1. The standard InChI is InChI=1S/C18H18N4O4/c1-10-8-15(26-21-10)13-9-16(23)22(11(2)18(24)19-12-5-6-12)20-17(13)14-4-3-7-25-14/h3-4,7-9,11-12H,5-6H2,1-2H3,(H,19,24)/t11-/m0/s1. The van der Waals surface area contributed by atoms with Gasteiger partial charge in [0.1, 0.15) is 11.7 Å². The van der Waals surface area contributed by atoms with Gasteiger partial charge in [0, 0.05) is 18.2 Å². The summed E-state index contributed by atoms with van der Waals surface area (Å²) in [6.07, 6.45) is 3.47. The fraction of sp³-hybridized carbons (Fsp3) is 0.333. The molecular weight excluding hydrogens is 336 g/mol. The van der Waals surface area contributed by atoms with Gasteiger partial charge >= 0.3 is 0 Å². The molecule has 3 aromatic heterocycles. The number of aromatic nitrogens is 3. The van der Waals surface area contributed by atoms with Crippen LogP contribution in [0, 0.1) is 6.92 Å². The number of carbonyl (C=O) groups is 1. The first-order chi connectivity index (χ1) is 12.5. The maximum absolute atomic E-state index is 12.6. The van der Waals surface area contributed by atoms with Crippen molar-refractivity contribution in [2.24, 2.45) is 0 Å². The zero-order valence-electron chi connectivity index (χ0n) is 14.4. The van der Waals surface area contributed by atoms with Gasteiger partial charge in [0.05, 0.1) is 17.5 Å². The maximum atomic E-state index is 12.6. The Balaban J connectivity index is 1.80. The van der Waals surface area contributed by atoms with Crippen LogP contribution in [0.25, 0.3) is 22.8 Å². The van der Waals surface area contributed by atoms with E-state index in [0.29, 0.717) is 28.5 Å². The Morgan fingerprint density at radius 2 is 2.15 bits per heavy atom. The summed E-state index contributed by atoms with van der Waals surface area (Å²) < 4.78 is 11.9. The summed E-state index contributed by atoms with van der Waals surface area (Å²) >= 11 is 0. The number of furan rings is 1. The molecule has 1 aliphatic rings. The second-order valence-corrected chi connectivity index (χ2v) is 6.46. The van der Waals surface area contributed by atoms with E-state index in [9.17, 15) is 9.59 Å². The smallest absolute Gasteiger partial charge is 0.268 e. The Labute approximate surface area is 148 Å². The third-order valence-electron chi connectivity index (χ3n) is 4.27. The van der Waals surface area contributed by atoms with E-state index in [1.54, 1.807) is 32.0 Å². The van der Waals surface area contributed by atoms with Gasteiger partial charge in [-0.3, -0.25) is 9.59 Å². The Morgan fingerprint density at radius 3 is 2.77 bits per heavy atom. The number of nitrogens with zero attached hydrogens (tertiary/aromatic N) is 3. The van der Waals surface area contributed by atoms with Crippen molar-refractivity contribution >= 4 is 5.91 Å². The summed E-state index contributed by atoms with van der Waals surface area (Å²) in [5.41, 5.74) is 1.17. The summed E-state index contributed by atoms with van der Waals surface area (Å²) in [4.78, 5) is 25.0. The third kappa shape index (κ3) is 3.05. The van der Waals surface area contributed by atoms with Crippen LogP contribution < -0.4 is 10.9 Å². The predicted molar refractivity (Wildman–Crippen MR) is 92.3 cm³/mol. The first-order valence-corrected chi connectivity index (χ1v) is 8.45. The van der Waals surface area contributed by atoms with E-state index in [1.807, 2.05) is 0 Å². The van der Waals surface area contributed by atoms with Crippen molar-refractivity contribution in [3.63, 3.8) is 0 Å². The van der Waals surface area contributed by atoms with Crippen LogP contribution in [0.15, 0.2) is 44.3 Å². The zero-order chi connectivity index (χ0) is 18.3. The van der Waals surface area contributed by atoms with E-state index >= 15 is 0 Å². The molecule has 3 aromatic rings. The van der Waals surface area contributed by atoms with Gasteiger partial charge in [0.2, 0.25) is 5.91 Å². The molecule has 0 saturated heterocycles. The highest BCUT2D eigenvalue weighted by molar-refractivity contribution is 5.81. The molecule has 134 valence electrons. The van der Waals surface area contributed by atoms with Gasteiger partial charge < -0.3 is 14.3 Å². The van der Waals surface area contributed by atoms with E-state index < -0.39 is 11.6 Å². The van der Waals surface area contributed by atoms with Crippen molar-refractivity contribution in [1.29, 1.82) is 0 Å². The molecule has 0 aromatic carbocycles. The van der Waals surface area contributed by atoms with Gasteiger partial charge in [-0.15, -0.1) is 0 Å². The highest BCUT2D eigenvalue weighted by Gasteiger charge is 2.28. The minimum absolute atomic E-state index is 0.210. The number of aryl methyl sites for hydroxylation is 1. The van der Waals surface area contributed by atoms with E-state index in [0.717, 1.165) is 12.8 Å². The van der Waals surface area contributed by atoms with Crippen molar-refractivity contribution in [2.45, 2.75) is 38.8 Å². The lowest BCUT2D eigenvalue weighted by Gasteiger charge is -2.15. The van der Waals surface area contributed by atoms with Crippen molar-refractivity contribution in [2.75, 3.05) is 0 Å². The molecule has 26 heavy (non-hydrogen) atoms. The number of rotatable bonds is 5. The summed E-state index contributed by atoms with van der Waals surface area (Å²) in [5, 5.41) is 11.2. The number of nitrogens with one attached hydrogen (secondary N) is 1. The summed E-state index contributed by atoms with van der Waals surface area (Å²) in [6, 6.07) is 6.05. The molecule has 1 amide bonds. The van der Waals surface area contributed by atoms with Crippen molar-refractivity contribution in [3.8, 4) is 22.8 Å².